The molecule has 0 N–H and O–H groups in total. The molecule has 0 saturated carbocycles. The van der Waals surface area contributed by atoms with Crippen LogP contribution in [0.2, 0.25) is 0 Å². The molecule has 0 aliphatic carbocycles. The van der Waals surface area contributed by atoms with E-state index in [1.54, 1.807) is 0 Å². The van der Waals surface area contributed by atoms with Crippen LogP contribution in [0.25, 0.3) is 0 Å². The van der Waals surface area contributed by atoms with Crippen LogP contribution in [0, 0.1) is 0 Å². The van der Waals surface area contributed by atoms with Gasteiger partial charge in [0.05, 0.1) is 13.2 Å². The zero-order valence-corrected chi connectivity index (χ0v) is 10.3. The number of alkyl halides is 4. The molecule has 98 valence electrons. The Hall–Kier alpha value is 0.340. The van der Waals surface area contributed by atoms with Gasteiger partial charge in [-0.1, -0.05) is 0 Å². The molecule has 0 rings (SSSR count). The monoisotopic (exact) mass is 282 g/mol. The average molecular weight is 282 g/mol. The van der Waals surface area contributed by atoms with Gasteiger partial charge >= 0.3 is 11.8 Å². The second kappa shape index (κ2) is 7.62. The smallest absolute Gasteiger partial charge is 0.335 e. The normalized spacial score (nSPS) is 13.1. The van der Waals surface area contributed by atoms with Crippen LogP contribution < -0.4 is 0 Å². The fraction of sp³-hybridized carbons (Fsp3) is 1.00. The first-order chi connectivity index (χ1) is 7.37. The number of ether oxygens (including phenoxy) is 2. The van der Waals surface area contributed by atoms with Gasteiger partial charge in [-0.25, -0.2) is 0 Å². The third-order valence-electron chi connectivity index (χ3n) is 1.57. The van der Waals surface area contributed by atoms with Crippen LogP contribution in [0.4, 0.5) is 17.6 Å². The molecule has 0 radical (unpaired) electrons. The summed E-state index contributed by atoms with van der Waals surface area (Å²) in [5.41, 5.74) is 0. The Morgan fingerprint density at radius 3 is 1.31 bits per heavy atom. The molecule has 0 saturated heterocycles. The van der Waals surface area contributed by atoms with Gasteiger partial charge < -0.3 is 9.47 Å². The Labute approximate surface area is 102 Å². The van der Waals surface area contributed by atoms with Gasteiger partial charge in [0.2, 0.25) is 0 Å². The zero-order valence-electron chi connectivity index (χ0n) is 8.47. The van der Waals surface area contributed by atoms with Gasteiger partial charge in [0, 0.05) is 11.5 Å². The molecule has 0 bridgehead atoms. The molecule has 8 heteroatoms. The van der Waals surface area contributed by atoms with E-state index in [0.29, 0.717) is 0 Å². The van der Waals surface area contributed by atoms with E-state index in [9.17, 15) is 17.6 Å². The van der Waals surface area contributed by atoms with Gasteiger partial charge in [-0.05, 0) is 0 Å². The molecule has 0 aliphatic heterocycles. The van der Waals surface area contributed by atoms with Gasteiger partial charge in [0.25, 0.3) is 0 Å². The van der Waals surface area contributed by atoms with E-state index in [1.165, 1.54) is 0 Å². The van der Waals surface area contributed by atoms with Crippen molar-refractivity contribution in [3.63, 3.8) is 0 Å². The molecular formula is C8H14F4O2S2. The van der Waals surface area contributed by atoms with Crippen LogP contribution in [-0.2, 0) is 9.47 Å². The van der Waals surface area contributed by atoms with Crippen molar-refractivity contribution in [3.8, 4) is 0 Å². The minimum absolute atomic E-state index is 0.105. The van der Waals surface area contributed by atoms with Crippen LogP contribution in [0.1, 0.15) is 0 Å². The number of rotatable bonds is 9. The number of thiol groups is 2. The second-order valence-electron chi connectivity index (χ2n) is 2.96. The lowest BCUT2D eigenvalue weighted by Gasteiger charge is -2.26. The minimum atomic E-state index is -4.24. The van der Waals surface area contributed by atoms with Gasteiger partial charge in [-0.3, -0.25) is 0 Å². The van der Waals surface area contributed by atoms with Crippen molar-refractivity contribution in [1.82, 2.24) is 0 Å². The number of halogens is 4. The van der Waals surface area contributed by atoms with Crippen molar-refractivity contribution in [1.29, 1.82) is 0 Å². The van der Waals surface area contributed by atoms with Gasteiger partial charge in [0.1, 0.15) is 13.2 Å². The second-order valence-corrected chi connectivity index (χ2v) is 3.86. The average Bonchev–Trinajstić information content (AvgIpc) is 2.18. The maximum absolute atomic E-state index is 13.0. The summed E-state index contributed by atoms with van der Waals surface area (Å²) in [5, 5.41) is 0. The third kappa shape index (κ3) is 5.60. The molecule has 0 aromatic heterocycles. The molecule has 0 heterocycles. The van der Waals surface area contributed by atoms with Crippen molar-refractivity contribution < 1.29 is 27.0 Å². The van der Waals surface area contributed by atoms with E-state index in [0.717, 1.165) is 0 Å². The molecule has 0 fully saturated rings. The molecule has 16 heavy (non-hydrogen) atoms. The highest BCUT2D eigenvalue weighted by molar-refractivity contribution is 7.80. The van der Waals surface area contributed by atoms with Gasteiger partial charge in [-0.2, -0.15) is 42.8 Å². The van der Waals surface area contributed by atoms with E-state index < -0.39 is 25.1 Å². The first kappa shape index (κ1) is 16.3. The summed E-state index contributed by atoms with van der Waals surface area (Å²) in [6.45, 7) is -2.89. The largest absolute Gasteiger partial charge is 0.374 e. The highest BCUT2D eigenvalue weighted by Crippen LogP contribution is 2.34. The molecule has 0 aliphatic rings. The lowest BCUT2D eigenvalue weighted by molar-refractivity contribution is -0.250. The number of hydrogen-bond acceptors (Lipinski definition) is 4. The van der Waals surface area contributed by atoms with E-state index in [4.69, 9.17) is 0 Å². The van der Waals surface area contributed by atoms with Crippen LogP contribution in [0.5, 0.6) is 0 Å². The number of hydrogen-bond donors (Lipinski definition) is 2. The first-order valence-corrected chi connectivity index (χ1v) is 5.77. The maximum Gasteiger partial charge on any atom is 0.335 e. The summed E-state index contributed by atoms with van der Waals surface area (Å²) < 4.78 is 60.5. The Kier molecular flexibility index (Phi) is 7.79. The van der Waals surface area contributed by atoms with E-state index in [1.807, 2.05) is 0 Å². The predicted octanol–water partition coefficient (Wildman–Crippen LogP) is 2.15. The van der Waals surface area contributed by atoms with Gasteiger partial charge in [-0.15, -0.1) is 0 Å². The van der Waals surface area contributed by atoms with Crippen molar-refractivity contribution in [2.75, 3.05) is 37.9 Å². The predicted molar refractivity (Wildman–Crippen MR) is 59.2 cm³/mol. The molecule has 0 aromatic rings. The zero-order chi connectivity index (χ0) is 12.7. The van der Waals surface area contributed by atoms with E-state index >= 15 is 0 Å². The van der Waals surface area contributed by atoms with Crippen molar-refractivity contribution in [3.05, 3.63) is 0 Å². The summed E-state index contributed by atoms with van der Waals surface area (Å²) >= 11 is 7.40. The van der Waals surface area contributed by atoms with Crippen LogP contribution in [0.3, 0.4) is 0 Å². The third-order valence-corrected chi connectivity index (χ3v) is 1.94. The highest BCUT2D eigenvalue weighted by atomic mass is 32.1. The van der Waals surface area contributed by atoms with E-state index in [-0.39, 0.29) is 24.7 Å². The van der Waals surface area contributed by atoms with Gasteiger partial charge in [0.15, 0.2) is 0 Å². The fourth-order valence-electron chi connectivity index (χ4n) is 0.741. The topological polar surface area (TPSA) is 18.5 Å². The maximum atomic E-state index is 13.0. The summed E-state index contributed by atoms with van der Waals surface area (Å²) in [4.78, 5) is 0. The van der Waals surface area contributed by atoms with Crippen molar-refractivity contribution in [2.24, 2.45) is 0 Å². The Bertz CT molecular complexity index is 173. The molecule has 0 aromatic carbocycles. The molecule has 0 unspecified atom stereocenters. The summed E-state index contributed by atoms with van der Waals surface area (Å²) in [7, 11) is 0. The van der Waals surface area contributed by atoms with E-state index in [2.05, 4.69) is 34.7 Å². The van der Waals surface area contributed by atoms with Crippen molar-refractivity contribution in [2.45, 2.75) is 11.8 Å². The molecular weight excluding hydrogens is 268 g/mol. The SMILES string of the molecule is FC(F)(COCCS)C(F)(F)COCCS. The molecule has 0 atom stereocenters. The lowest BCUT2D eigenvalue weighted by atomic mass is 10.2. The molecule has 0 spiro atoms. The Balaban J connectivity index is 4.11. The molecule has 2 nitrogen and oxygen atoms in total. The lowest BCUT2D eigenvalue weighted by Crippen LogP contribution is -2.47. The Morgan fingerprint density at radius 2 is 1.06 bits per heavy atom. The highest BCUT2D eigenvalue weighted by Gasteiger charge is 2.56. The summed E-state index contributed by atoms with van der Waals surface area (Å²) in [6, 6.07) is 0. The van der Waals surface area contributed by atoms with Crippen LogP contribution >= 0.6 is 25.3 Å². The standard InChI is InChI=1S/C8H14F4O2S2/c9-7(10,5-13-1-3-15)8(11,12)6-14-2-4-16/h15-16H,1-6H2. The van der Waals surface area contributed by atoms with Crippen molar-refractivity contribution >= 4 is 25.3 Å². The van der Waals surface area contributed by atoms with Crippen LogP contribution in [-0.4, -0.2) is 49.8 Å². The first-order valence-electron chi connectivity index (χ1n) is 4.50. The fourth-order valence-corrected chi connectivity index (χ4v) is 0.999. The Morgan fingerprint density at radius 1 is 0.750 bits per heavy atom. The molecule has 0 amide bonds. The summed E-state index contributed by atoms with van der Waals surface area (Å²) in [5.74, 6) is -8.10. The minimum Gasteiger partial charge on any atom is -0.374 e. The summed E-state index contributed by atoms with van der Waals surface area (Å²) in [6.07, 6.45) is 0. The van der Waals surface area contributed by atoms with Crippen LogP contribution in [0.15, 0.2) is 0 Å². The quantitative estimate of drug-likeness (QED) is 0.383.